The van der Waals surface area contributed by atoms with Gasteiger partial charge in [0.2, 0.25) is 0 Å². The number of hydrogen-bond donors (Lipinski definition) is 1. The summed E-state index contributed by atoms with van der Waals surface area (Å²) in [6.07, 6.45) is -0.606. The summed E-state index contributed by atoms with van der Waals surface area (Å²) in [6, 6.07) is 27.6. The summed E-state index contributed by atoms with van der Waals surface area (Å²) in [7, 11) is 0. The minimum absolute atomic E-state index is 0.606. The van der Waals surface area contributed by atoms with Crippen LogP contribution in [0.1, 0.15) is 5.56 Å². The van der Waals surface area contributed by atoms with E-state index in [0.717, 1.165) is 11.3 Å². The fourth-order valence-electron chi connectivity index (χ4n) is 2.92. The second-order valence-corrected chi connectivity index (χ2v) is 5.71. The average Bonchev–Trinajstić information content (AvgIpc) is 2.98. The van der Waals surface area contributed by atoms with Gasteiger partial charge in [0.05, 0.1) is 0 Å². The molecule has 0 aliphatic carbocycles. The van der Waals surface area contributed by atoms with Gasteiger partial charge in [-0.25, -0.2) is 0 Å². The lowest BCUT2D eigenvalue weighted by molar-refractivity contribution is 0.109. The maximum absolute atomic E-state index is 10.6. The Balaban J connectivity index is 1.69. The summed E-state index contributed by atoms with van der Waals surface area (Å²) >= 11 is 0. The van der Waals surface area contributed by atoms with Crippen LogP contribution >= 0.6 is 0 Å². The molecule has 0 bridgehead atoms. The van der Waals surface area contributed by atoms with E-state index < -0.39 is 6.35 Å². The molecule has 0 saturated heterocycles. The fourth-order valence-corrected chi connectivity index (χ4v) is 2.92. The molecule has 0 radical (unpaired) electrons. The molecule has 0 spiro atoms. The van der Waals surface area contributed by atoms with Crippen molar-refractivity contribution in [2.75, 3.05) is 9.96 Å². The van der Waals surface area contributed by atoms with Crippen LogP contribution in [0.15, 0.2) is 84.9 Å². The highest BCUT2D eigenvalue weighted by Crippen LogP contribution is 2.38. The molecule has 0 saturated carbocycles. The second kappa shape index (κ2) is 6.26. The number of hydroxylamine groups is 1. The summed E-state index contributed by atoms with van der Waals surface area (Å²) in [6.45, 7) is 0.626. The summed E-state index contributed by atoms with van der Waals surface area (Å²) in [5.74, 6) is 0.680. The van der Waals surface area contributed by atoms with E-state index in [2.05, 4.69) is 12.1 Å². The van der Waals surface area contributed by atoms with Gasteiger partial charge in [0.25, 0.3) is 6.35 Å². The molecule has 0 aromatic heterocycles. The first-order valence-electron chi connectivity index (χ1n) is 7.92. The Bertz CT molecular complexity index is 808. The van der Waals surface area contributed by atoms with Crippen molar-refractivity contribution in [3.8, 4) is 5.75 Å². The molecule has 3 aromatic rings. The molecule has 1 aliphatic heterocycles. The minimum atomic E-state index is -0.606. The van der Waals surface area contributed by atoms with E-state index in [9.17, 15) is 5.21 Å². The largest absolute Gasteiger partial charge is 0.448 e. The van der Waals surface area contributed by atoms with Crippen molar-refractivity contribution in [2.24, 2.45) is 0 Å². The van der Waals surface area contributed by atoms with Crippen molar-refractivity contribution in [1.82, 2.24) is 0 Å². The summed E-state index contributed by atoms with van der Waals surface area (Å²) in [5, 5.41) is 11.8. The first kappa shape index (κ1) is 14.6. The highest BCUT2D eigenvalue weighted by atomic mass is 16.6. The van der Waals surface area contributed by atoms with Gasteiger partial charge < -0.3 is 9.64 Å². The van der Waals surface area contributed by atoms with E-state index in [0.29, 0.717) is 18.0 Å². The van der Waals surface area contributed by atoms with Crippen LogP contribution in [0.5, 0.6) is 5.75 Å². The SMILES string of the molecule is ON1c2ccccc2OC1N(Cc1ccccc1)c1ccccc1. The highest BCUT2D eigenvalue weighted by Gasteiger charge is 2.35. The normalized spacial score (nSPS) is 15.7. The Labute approximate surface area is 141 Å². The third-order valence-corrected chi connectivity index (χ3v) is 4.10. The van der Waals surface area contributed by atoms with Crippen LogP contribution in [0, 0.1) is 0 Å². The van der Waals surface area contributed by atoms with Crippen molar-refractivity contribution in [3.05, 3.63) is 90.5 Å². The summed E-state index contributed by atoms with van der Waals surface area (Å²) in [5.41, 5.74) is 2.81. The molecule has 0 amide bonds. The Morgan fingerprint density at radius 2 is 1.46 bits per heavy atom. The lowest BCUT2D eigenvalue weighted by Crippen LogP contribution is -2.47. The molecule has 120 valence electrons. The zero-order valence-corrected chi connectivity index (χ0v) is 13.1. The van der Waals surface area contributed by atoms with Crippen LogP contribution in [0.4, 0.5) is 11.4 Å². The zero-order chi connectivity index (χ0) is 16.4. The van der Waals surface area contributed by atoms with Gasteiger partial charge >= 0.3 is 0 Å². The molecule has 0 fully saturated rings. The number of benzene rings is 3. The van der Waals surface area contributed by atoms with Crippen molar-refractivity contribution in [2.45, 2.75) is 12.9 Å². The van der Waals surface area contributed by atoms with Crippen molar-refractivity contribution in [1.29, 1.82) is 0 Å². The maximum Gasteiger partial charge on any atom is 0.276 e. The van der Waals surface area contributed by atoms with E-state index in [1.54, 1.807) is 0 Å². The van der Waals surface area contributed by atoms with E-state index in [1.807, 2.05) is 77.7 Å². The number of rotatable bonds is 4. The Morgan fingerprint density at radius 3 is 2.17 bits per heavy atom. The predicted octanol–water partition coefficient (Wildman–Crippen LogP) is 4.27. The molecular weight excluding hydrogens is 300 g/mol. The number of para-hydroxylation sites is 3. The Kier molecular flexibility index (Phi) is 3.81. The van der Waals surface area contributed by atoms with E-state index in [-0.39, 0.29) is 0 Å². The van der Waals surface area contributed by atoms with Crippen LogP contribution in [0.3, 0.4) is 0 Å². The Morgan fingerprint density at radius 1 is 0.833 bits per heavy atom. The van der Waals surface area contributed by atoms with Gasteiger partial charge in [-0.1, -0.05) is 60.7 Å². The zero-order valence-electron chi connectivity index (χ0n) is 13.1. The smallest absolute Gasteiger partial charge is 0.276 e. The molecule has 4 rings (SSSR count). The molecule has 1 N–H and O–H groups in total. The molecule has 1 heterocycles. The van der Waals surface area contributed by atoms with Crippen LogP contribution < -0.4 is 14.7 Å². The van der Waals surface area contributed by atoms with Crippen LogP contribution in [-0.4, -0.2) is 11.6 Å². The van der Waals surface area contributed by atoms with E-state index in [4.69, 9.17) is 4.74 Å². The lowest BCUT2D eigenvalue weighted by atomic mass is 10.2. The van der Waals surface area contributed by atoms with Gasteiger partial charge in [0.15, 0.2) is 0 Å². The molecule has 1 atom stereocenters. The standard InChI is InChI=1S/C20H18N2O2/c23-22-18-13-7-8-14-19(18)24-20(22)21(17-11-5-2-6-12-17)15-16-9-3-1-4-10-16/h1-14,20,23H,15H2. The van der Waals surface area contributed by atoms with Crippen molar-refractivity contribution >= 4 is 11.4 Å². The second-order valence-electron chi connectivity index (χ2n) is 5.71. The Hall–Kier alpha value is -2.98. The molecule has 3 aromatic carbocycles. The topological polar surface area (TPSA) is 35.9 Å². The number of fused-ring (bicyclic) bond motifs is 1. The first-order valence-corrected chi connectivity index (χ1v) is 7.92. The molecule has 4 heteroatoms. The number of hydrogen-bond acceptors (Lipinski definition) is 4. The van der Waals surface area contributed by atoms with Crippen LogP contribution in [0.25, 0.3) is 0 Å². The average molecular weight is 318 g/mol. The van der Waals surface area contributed by atoms with Crippen molar-refractivity contribution < 1.29 is 9.94 Å². The number of anilines is 2. The van der Waals surface area contributed by atoms with E-state index >= 15 is 0 Å². The van der Waals surface area contributed by atoms with Gasteiger partial charge in [-0.15, -0.1) is 0 Å². The number of nitrogens with zero attached hydrogens (tertiary/aromatic N) is 2. The van der Waals surface area contributed by atoms with Crippen LogP contribution in [-0.2, 0) is 6.54 Å². The molecular formula is C20H18N2O2. The lowest BCUT2D eigenvalue weighted by Gasteiger charge is -2.33. The molecule has 1 aliphatic rings. The third-order valence-electron chi connectivity index (χ3n) is 4.10. The molecule has 1 unspecified atom stereocenters. The predicted molar refractivity (Wildman–Crippen MR) is 94.2 cm³/mol. The monoisotopic (exact) mass is 318 g/mol. The highest BCUT2D eigenvalue weighted by molar-refractivity contribution is 5.62. The summed E-state index contributed by atoms with van der Waals surface area (Å²) < 4.78 is 6.01. The maximum atomic E-state index is 10.6. The fraction of sp³-hybridized carbons (Fsp3) is 0.100. The van der Waals surface area contributed by atoms with Gasteiger partial charge in [-0.3, -0.25) is 5.21 Å². The van der Waals surface area contributed by atoms with Gasteiger partial charge in [0, 0.05) is 12.2 Å². The minimum Gasteiger partial charge on any atom is -0.448 e. The quantitative estimate of drug-likeness (QED) is 0.779. The first-order chi connectivity index (χ1) is 11.8. The molecule has 4 nitrogen and oxygen atoms in total. The van der Waals surface area contributed by atoms with Crippen LogP contribution in [0.2, 0.25) is 0 Å². The van der Waals surface area contributed by atoms with E-state index in [1.165, 1.54) is 5.06 Å². The number of ether oxygens (including phenoxy) is 1. The van der Waals surface area contributed by atoms with Crippen molar-refractivity contribution in [3.63, 3.8) is 0 Å². The summed E-state index contributed by atoms with van der Waals surface area (Å²) in [4.78, 5) is 2.04. The molecule has 24 heavy (non-hydrogen) atoms. The third kappa shape index (κ3) is 2.68. The van der Waals surface area contributed by atoms with Gasteiger partial charge in [-0.05, 0) is 29.8 Å². The van der Waals surface area contributed by atoms with Gasteiger partial charge in [-0.2, -0.15) is 5.06 Å². The van der Waals surface area contributed by atoms with Gasteiger partial charge in [0.1, 0.15) is 11.4 Å².